The molecule has 3 aromatic carbocycles. The standard InChI is InChI=1S/C20H11Cl2NO3/c21-12-1-5-14(6-2-12)23-19(24)17-10-9-16(11-18(17)20(23)25)26-15-7-3-13(22)4-8-15/h1-11H. The van der Waals surface area contributed by atoms with Crippen LogP contribution >= 0.6 is 23.2 Å². The van der Waals surface area contributed by atoms with Crippen LogP contribution in [0.2, 0.25) is 10.0 Å². The minimum absolute atomic E-state index is 0.302. The number of benzene rings is 3. The van der Waals surface area contributed by atoms with Gasteiger partial charge in [0.2, 0.25) is 0 Å². The Balaban J connectivity index is 1.65. The highest BCUT2D eigenvalue weighted by Gasteiger charge is 2.36. The molecule has 0 saturated heterocycles. The van der Waals surface area contributed by atoms with Crippen molar-refractivity contribution >= 4 is 40.7 Å². The average Bonchev–Trinajstić information content (AvgIpc) is 2.89. The van der Waals surface area contributed by atoms with Crippen molar-refractivity contribution in [2.75, 3.05) is 4.90 Å². The first-order chi connectivity index (χ1) is 12.5. The average molecular weight is 384 g/mol. The van der Waals surface area contributed by atoms with Crippen LogP contribution in [0, 0.1) is 0 Å². The SMILES string of the molecule is O=C1c2ccc(Oc3ccc(Cl)cc3)cc2C(=O)N1c1ccc(Cl)cc1. The first-order valence-electron chi connectivity index (χ1n) is 7.75. The summed E-state index contributed by atoms with van der Waals surface area (Å²) in [7, 11) is 0. The Labute approximate surface area is 159 Å². The van der Waals surface area contributed by atoms with E-state index >= 15 is 0 Å². The number of carbonyl (C=O) groups is 2. The Bertz CT molecular complexity index is 1010. The lowest BCUT2D eigenvalue weighted by atomic mass is 10.1. The molecule has 4 nitrogen and oxygen atoms in total. The number of hydrogen-bond acceptors (Lipinski definition) is 3. The van der Waals surface area contributed by atoms with Gasteiger partial charge in [-0.05, 0) is 66.7 Å². The molecule has 2 amide bonds. The summed E-state index contributed by atoms with van der Waals surface area (Å²) in [6.07, 6.45) is 0. The fraction of sp³-hybridized carbons (Fsp3) is 0. The van der Waals surface area contributed by atoms with Crippen LogP contribution in [0.25, 0.3) is 0 Å². The number of halogens is 2. The second-order valence-corrected chi connectivity index (χ2v) is 6.56. The Hall–Kier alpha value is -2.82. The van der Waals surface area contributed by atoms with Gasteiger partial charge in [0.15, 0.2) is 0 Å². The van der Waals surface area contributed by atoms with E-state index in [1.54, 1.807) is 66.7 Å². The molecule has 0 saturated carbocycles. The maximum atomic E-state index is 12.7. The summed E-state index contributed by atoms with van der Waals surface area (Å²) < 4.78 is 5.74. The summed E-state index contributed by atoms with van der Waals surface area (Å²) in [6.45, 7) is 0. The number of rotatable bonds is 3. The number of carbonyl (C=O) groups excluding carboxylic acids is 2. The Morgan fingerprint density at radius 2 is 1.19 bits per heavy atom. The maximum Gasteiger partial charge on any atom is 0.266 e. The molecule has 0 radical (unpaired) electrons. The van der Waals surface area contributed by atoms with Crippen LogP contribution in [-0.4, -0.2) is 11.8 Å². The number of imide groups is 1. The third-order valence-electron chi connectivity index (χ3n) is 3.99. The van der Waals surface area contributed by atoms with Crippen LogP contribution in [-0.2, 0) is 0 Å². The zero-order valence-electron chi connectivity index (χ0n) is 13.3. The van der Waals surface area contributed by atoms with Crippen molar-refractivity contribution < 1.29 is 14.3 Å². The van der Waals surface area contributed by atoms with Crippen molar-refractivity contribution in [1.29, 1.82) is 0 Å². The lowest BCUT2D eigenvalue weighted by Gasteiger charge is -2.13. The fourth-order valence-electron chi connectivity index (χ4n) is 2.75. The lowest BCUT2D eigenvalue weighted by Crippen LogP contribution is -2.29. The van der Waals surface area contributed by atoms with Gasteiger partial charge in [-0.25, -0.2) is 4.90 Å². The molecular weight excluding hydrogens is 373 g/mol. The van der Waals surface area contributed by atoms with E-state index in [0.717, 1.165) is 4.90 Å². The Kier molecular flexibility index (Phi) is 4.15. The molecule has 4 rings (SSSR count). The van der Waals surface area contributed by atoms with Gasteiger partial charge < -0.3 is 4.74 Å². The molecule has 0 aliphatic carbocycles. The summed E-state index contributed by atoms with van der Waals surface area (Å²) in [4.78, 5) is 26.5. The molecule has 1 aliphatic heterocycles. The van der Waals surface area contributed by atoms with Gasteiger partial charge in [-0.15, -0.1) is 0 Å². The first kappa shape index (κ1) is 16.6. The molecule has 0 aromatic heterocycles. The normalized spacial score (nSPS) is 13.1. The smallest absolute Gasteiger partial charge is 0.266 e. The van der Waals surface area contributed by atoms with Gasteiger partial charge in [0.25, 0.3) is 11.8 Å². The van der Waals surface area contributed by atoms with Crippen molar-refractivity contribution in [3.05, 3.63) is 87.9 Å². The zero-order chi connectivity index (χ0) is 18.3. The third-order valence-corrected chi connectivity index (χ3v) is 4.50. The molecule has 0 bridgehead atoms. The molecule has 0 unspecified atom stereocenters. The molecule has 26 heavy (non-hydrogen) atoms. The third kappa shape index (κ3) is 2.94. The van der Waals surface area contributed by atoms with Gasteiger partial charge in [-0.3, -0.25) is 9.59 Å². The van der Waals surface area contributed by atoms with E-state index in [-0.39, 0.29) is 5.91 Å². The Morgan fingerprint density at radius 1 is 0.654 bits per heavy atom. The van der Waals surface area contributed by atoms with Crippen LogP contribution in [0.3, 0.4) is 0 Å². The lowest BCUT2D eigenvalue weighted by molar-refractivity contribution is 0.0926. The van der Waals surface area contributed by atoms with Crippen molar-refractivity contribution in [2.24, 2.45) is 0 Å². The summed E-state index contributed by atoms with van der Waals surface area (Å²) in [5, 5.41) is 1.13. The minimum Gasteiger partial charge on any atom is -0.457 e. The van der Waals surface area contributed by atoms with Crippen molar-refractivity contribution in [3.8, 4) is 11.5 Å². The topological polar surface area (TPSA) is 46.6 Å². The van der Waals surface area contributed by atoms with Crippen molar-refractivity contribution in [1.82, 2.24) is 0 Å². The maximum absolute atomic E-state index is 12.7. The van der Waals surface area contributed by atoms with E-state index in [1.807, 2.05) is 0 Å². The molecule has 3 aromatic rings. The number of anilines is 1. The van der Waals surface area contributed by atoms with Gasteiger partial charge in [0.1, 0.15) is 11.5 Å². The summed E-state index contributed by atoms with van der Waals surface area (Å²) in [6, 6.07) is 18.2. The molecule has 6 heteroatoms. The van der Waals surface area contributed by atoms with Crippen molar-refractivity contribution in [2.45, 2.75) is 0 Å². The molecule has 0 atom stereocenters. The van der Waals surface area contributed by atoms with E-state index in [2.05, 4.69) is 0 Å². The van der Waals surface area contributed by atoms with Gasteiger partial charge in [-0.2, -0.15) is 0 Å². The summed E-state index contributed by atoms with van der Waals surface area (Å²) in [5.74, 6) is 0.283. The molecule has 1 aliphatic rings. The molecule has 128 valence electrons. The Morgan fingerprint density at radius 3 is 1.85 bits per heavy atom. The van der Waals surface area contributed by atoms with E-state index in [1.165, 1.54) is 0 Å². The number of nitrogens with zero attached hydrogens (tertiary/aromatic N) is 1. The van der Waals surface area contributed by atoms with E-state index in [0.29, 0.717) is 38.4 Å². The quantitative estimate of drug-likeness (QED) is 0.554. The summed E-state index contributed by atoms with van der Waals surface area (Å²) >= 11 is 11.7. The van der Waals surface area contributed by atoms with Crippen LogP contribution in [0.4, 0.5) is 5.69 Å². The molecule has 0 spiro atoms. The predicted octanol–water partition coefficient (Wildman–Crippen LogP) is 5.59. The van der Waals surface area contributed by atoms with Gasteiger partial charge in [0, 0.05) is 10.0 Å². The van der Waals surface area contributed by atoms with E-state index < -0.39 is 5.91 Å². The minimum atomic E-state index is -0.395. The number of amides is 2. The van der Waals surface area contributed by atoms with Crippen molar-refractivity contribution in [3.63, 3.8) is 0 Å². The van der Waals surface area contributed by atoms with E-state index in [4.69, 9.17) is 27.9 Å². The molecule has 0 fully saturated rings. The van der Waals surface area contributed by atoms with Crippen LogP contribution in [0.15, 0.2) is 66.7 Å². The second kappa shape index (κ2) is 6.48. The number of fused-ring (bicyclic) bond motifs is 1. The van der Waals surface area contributed by atoms with Gasteiger partial charge >= 0.3 is 0 Å². The summed E-state index contributed by atoms with van der Waals surface area (Å²) in [5.41, 5.74) is 1.12. The monoisotopic (exact) mass is 383 g/mol. The van der Waals surface area contributed by atoms with Crippen LogP contribution < -0.4 is 9.64 Å². The highest BCUT2D eigenvalue weighted by atomic mass is 35.5. The van der Waals surface area contributed by atoms with Crippen LogP contribution in [0.1, 0.15) is 20.7 Å². The largest absolute Gasteiger partial charge is 0.457 e. The second-order valence-electron chi connectivity index (χ2n) is 5.69. The van der Waals surface area contributed by atoms with Crippen LogP contribution in [0.5, 0.6) is 11.5 Å². The number of hydrogen-bond donors (Lipinski definition) is 0. The molecular formula is C20H11Cl2NO3. The van der Waals surface area contributed by atoms with E-state index in [9.17, 15) is 9.59 Å². The fourth-order valence-corrected chi connectivity index (χ4v) is 3.00. The highest BCUT2D eigenvalue weighted by Crippen LogP contribution is 2.33. The number of ether oxygens (including phenoxy) is 1. The molecule has 0 N–H and O–H groups in total. The predicted molar refractivity (Wildman–Crippen MR) is 101 cm³/mol. The molecule has 1 heterocycles. The van der Waals surface area contributed by atoms with Gasteiger partial charge in [-0.1, -0.05) is 23.2 Å². The highest BCUT2D eigenvalue weighted by molar-refractivity contribution is 6.35. The zero-order valence-corrected chi connectivity index (χ0v) is 14.8. The first-order valence-corrected chi connectivity index (χ1v) is 8.50. The van der Waals surface area contributed by atoms with Gasteiger partial charge in [0.05, 0.1) is 16.8 Å².